The van der Waals surface area contributed by atoms with E-state index in [0.717, 1.165) is 25.0 Å². The Bertz CT molecular complexity index is 828. The summed E-state index contributed by atoms with van der Waals surface area (Å²) in [5.41, 5.74) is 1.06. The lowest BCUT2D eigenvalue weighted by atomic mass is 9.68. The number of para-hydroxylation sites is 1. The van der Waals surface area contributed by atoms with Gasteiger partial charge in [0.1, 0.15) is 5.82 Å². The van der Waals surface area contributed by atoms with Crippen molar-refractivity contribution in [3.05, 3.63) is 40.4 Å². The van der Waals surface area contributed by atoms with Crippen LogP contribution in [0.1, 0.15) is 50.8 Å². The van der Waals surface area contributed by atoms with Gasteiger partial charge in [-0.25, -0.2) is 4.98 Å². The molecule has 2 aromatic rings. The quantitative estimate of drug-likeness (QED) is 0.931. The van der Waals surface area contributed by atoms with E-state index >= 15 is 0 Å². The van der Waals surface area contributed by atoms with Gasteiger partial charge in [-0.3, -0.25) is 9.59 Å². The number of likely N-dealkylation sites (tertiary alicyclic amines) is 1. The number of hydrogen-bond acceptors (Lipinski definition) is 3. The number of benzene rings is 1. The molecule has 2 heterocycles. The monoisotopic (exact) mass is 339 g/mol. The first-order valence-corrected chi connectivity index (χ1v) is 9.41. The third-order valence-corrected chi connectivity index (χ3v) is 5.79. The fourth-order valence-electron chi connectivity index (χ4n) is 4.38. The first-order valence-electron chi connectivity index (χ1n) is 9.41. The molecule has 0 radical (unpaired) electrons. The molecule has 1 aliphatic heterocycles. The topological polar surface area (TPSA) is 66.1 Å². The number of H-pyrrole nitrogens is 1. The molecule has 1 spiro atoms. The van der Waals surface area contributed by atoms with Crippen LogP contribution in [-0.4, -0.2) is 33.9 Å². The van der Waals surface area contributed by atoms with Crippen LogP contribution in [0.5, 0.6) is 0 Å². The number of aromatic nitrogens is 2. The molecule has 1 N–H and O–H groups in total. The number of amides is 1. The molecular weight excluding hydrogens is 314 g/mol. The zero-order valence-electron chi connectivity index (χ0n) is 14.6. The predicted molar refractivity (Wildman–Crippen MR) is 97.4 cm³/mol. The van der Waals surface area contributed by atoms with Crippen molar-refractivity contribution in [3.63, 3.8) is 0 Å². The predicted octanol–water partition coefficient (Wildman–Crippen LogP) is 3.04. The lowest BCUT2D eigenvalue weighted by molar-refractivity contribution is -0.145. The summed E-state index contributed by atoms with van der Waals surface area (Å²) < 4.78 is 0. The van der Waals surface area contributed by atoms with Crippen molar-refractivity contribution in [1.29, 1.82) is 0 Å². The highest BCUT2D eigenvalue weighted by Gasteiger charge is 2.44. The van der Waals surface area contributed by atoms with E-state index in [1.54, 1.807) is 6.07 Å². The Morgan fingerprint density at radius 1 is 1.16 bits per heavy atom. The van der Waals surface area contributed by atoms with Crippen molar-refractivity contribution in [3.8, 4) is 0 Å². The van der Waals surface area contributed by atoms with Crippen LogP contribution in [0.3, 0.4) is 0 Å². The number of carbonyl (C=O) groups excluding carboxylic acids is 1. The fourth-order valence-corrected chi connectivity index (χ4v) is 4.38. The Labute approximate surface area is 147 Å². The van der Waals surface area contributed by atoms with E-state index in [0.29, 0.717) is 29.5 Å². The molecule has 5 nitrogen and oxygen atoms in total. The summed E-state index contributed by atoms with van der Waals surface area (Å²) >= 11 is 0. The molecule has 0 bridgehead atoms. The summed E-state index contributed by atoms with van der Waals surface area (Å²) in [6.45, 7) is 1.91. The highest BCUT2D eigenvalue weighted by molar-refractivity contribution is 5.78. The van der Waals surface area contributed by atoms with Crippen LogP contribution in [0.4, 0.5) is 0 Å². The van der Waals surface area contributed by atoms with Gasteiger partial charge in [0.2, 0.25) is 5.91 Å². The van der Waals surface area contributed by atoms with Crippen LogP contribution >= 0.6 is 0 Å². The molecule has 2 fully saturated rings. The van der Waals surface area contributed by atoms with E-state index in [-0.39, 0.29) is 11.5 Å². The normalized spacial score (nSPS) is 19.1. The number of carbonyl (C=O) groups is 1. The number of hydrogen-bond donors (Lipinski definition) is 1. The van der Waals surface area contributed by atoms with Gasteiger partial charge in [-0.2, -0.15) is 0 Å². The van der Waals surface area contributed by atoms with Crippen LogP contribution in [0.25, 0.3) is 10.9 Å². The maximum Gasteiger partial charge on any atom is 0.258 e. The minimum Gasteiger partial charge on any atom is -0.341 e. The first-order chi connectivity index (χ1) is 12.2. The Balaban J connectivity index is 1.29. The molecule has 0 atom stereocenters. The maximum absolute atomic E-state index is 12.4. The van der Waals surface area contributed by atoms with Gasteiger partial charge in [-0.1, -0.05) is 31.4 Å². The van der Waals surface area contributed by atoms with E-state index in [1.165, 1.54) is 32.1 Å². The lowest BCUT2D eigenvalue weighted by Gasteiger charge is -2.52. The van der Waals surface area contributed by atoms with E-state index in [2.05, 4.69) is 9.97 Å². The zero-order chi connectivity index (χ0) is 17.3. The van der Waals surface area contributed by atoms with Gasteiger partial charge in [-0.05, 0) is 31.4 Å². The SMILES string of the molecule is O=C(CCCc1nc2ccccc2c(=O)[nH]1)N1CC2(CCCCC2)C1. The number of nitrogens with one attached hydrogen (secondary N) is 1. The molecular formula is C20H25N3O2. The number of aromatic amines is 1. The molecule has 4 rings (SSSR count). The maximum atomic E-state index is 12.4. The molecule has 5 heteroatoms. The fraction of sp³-hybridized carbons (Fsp3) is 0.550. The van der Waals surface area contributed by atoms with E-state index < -0.39 is 0 Å². The third-order valence-electron chi connectivity index (χ3n) is 5.79. The van der Waals surface area contributed by atoms with Crippen molar-refractivity contribution in [2.45, 2.75) is 51.4 Å². The van der Waals surface area contributed by atoms with E-state index in [4.69, 9.17) is 0 Å². The van der Waals surface area contributed by atoms with Gasteiger partial charge in [-0.15, -0.1) is 0 Å². The van der Waals surface area contributed by atoms with E-state index in [9.17, 15) is 9.59 Å². The minimum absolute atomic E-state index is 0.103. The van der Waals surface area contributed by atoms with Crippen LogP contribution in [0.2, 0.25) is 0 Å². The van der Waals surface area contributed by atoms with E-state index in [1.807, 2.05) is 23.1 Å². The second kappa shape index (κ2) is 6.62. The van der Waals surface area contributed by atoms with Crippen molar-refractivity contribution in [1.82, 2.24) is 14.9 Å². The molecule has 1 saturated carbocycles. The largest absolute Gasteiger partial charge is 0.341 e. The van der Waals surface area contributed by atoms with Gasteiger partial charge in [0, 0.05) is 31.3 Å². The highest BCUT2D eigenvalue weighted by Crippen LogP contribution is 2.43. The van der Waals surface area contributed by atoms with Crippen molar-refractivity contribution in [2.75, 3.05) is 13.1 Å². The standard InChI is InChI=1S/C20H25N3O2/c24-18(23-13-20(14-23)11-4-1-5-12-20)10-6-9-17-21-16-8-3-2-7-15(16)19(25)22-17/h2-3,7-8H,1,4-6,9-14H2,(H,21,22,25). The third kappa shape index (κ3) is 3.32. The van der Waals surface area contributed by atoms with Crippen molar-refractivity contribution < 1.29 is 4.79 Å². The molecule has 1 amide bonds. The molecule has 1 aromatic carbocycles. The number of aryl methyl sites for hydroxylation is 1. The van der Waals surface area contributed by atoms with Crippen LogP contribution in [0.15, 0.2) is 29.1 Å². The summed E-state index contributed by atoms with van der Waals surface area (Å²) in [5.74, 6) is 0.920. The van der Waals surface area contributed by atoms with Gasteiger partial charge in [0.15, 0.2) is 0 Å². The molecule has 0 unspecified atom stereocenters. The first kappa shape index (κ1) is 16.3. The number of nitrogens with zero attached hydrogens (tertiary/aromatic N) is 2. The second-order valence-electron chi connectivity index (χ2n) is 7.69. The highest BCUT2D eigenvalue weighted by atomic mass is 16.2. The molecule has 1 saturated heterocycles. The summed E-state index contributed by atoms with van der Waals surface area (Å²) in [5, 5.41) is 0.612. The summed E-state index contributed by atoms with van der Waals surface area (Å²) in [6.07, 6.45) is 8.47. The van der Waals surface area contributed by atoms with Crippen molar-refractivity contribution in [2.24, 2.45) is 5.41 Å². The molecule has 2 aliphatic rings. The lowest BCUT2D eigenvalue weighted by Crippen LogP contribution is -2.59. The molecule has 1 aliphatic carbocycles. The zero-order valence-corrected chi connectivity index (χ0v) is 14.6. The summed E-state index contributed by atoms with van der Waals surface area (Å²) in [6, 6.07) is 7.35. The molecule has 1 aromatic heterocycles. The Morgan fingerprint density at radius 3 is 2.72 bits per heavy atom. The van der Waals surface area contributed by atoms with Crippen LogP contribution < -0.4 is 5.56 Å². The van der Waals surface area contributed by atoms with Crippen LogP contribution in [-0.2, 0) is 11.2 Å². The summed E-state index contributed by atoms with van der Waals surface area (Å²) in [4.78, 5) is 33.8. The van der Waals surface area contributed by atoms with Gasteiger partial charge in [0.05, 0.1) is 10.9 Å². The van der Waals surface area contributed by atoms with Gasteiger partial charge in [0.25, 0.3) is 5.56 Å². The Morgan fingerprint density at radius 2 is 1.92 bits per heavy atom. The second-order valence-corrected chi connectivity index (χ2v) is 7.69. The summed E-state index contributed by atoms with van der Waals surface area (Å²) in [7, 11) is 0. The average Bonchev–Trinajstić information content (AvgIpc) is 2.60. The minimum atomic E-state index is -0.103. The average molecular weight is 339 g/mol. The Hall–Kier alpha value is -2.17. The molecule has 25 heavy (non-hydrogen) atoms. The Kier molecular flexibility index (Phi) is 4.32. The van der Waals surface area contributed by atoms with Crippen LogP contribution in [0, 0.1) is 5.41 Å². The smallest absolute Gasteiger partial charge is 0.258 e. The van der Waals surface area contributed by atoms with Crippen molar-refractivity contribution >= 4 is 16.8 Å². The van der Waals surface area contributed by atoms with Gasteiger partial charge < -0.3 is 9.88 Å². The number of fused-ring (bicyclic) bond motifs is 1. The molecule has 132 valence electrons. The van der Waals surface area contributed by atoms with Gasteiger partial charge >= 0.3 is 0 Å². The number of rotatable bonds is 4.